The molecule has 0 radical (unpaired) electrons. The third kappa shape index (κ3) is 2.27. The zero-order valence-electron chi connectivity index (χ0n) is 7.60. The van der Waals surface area contributed by atoms with Gasteiger partial charge in [0.05, 0.1) is 0 Å². The van der Waals surface area contributed by atoms with Gasteiger partial charge in [-0.2, -0.15) is 0 Å². The topological polar surface area (TPSA) is 33.1 Å². The number of phenolic OH excluding ortho intramolecular Hbond substituents is 1. The first-order valence-electron chi connectivity index (χ1n) is 4.13. The molecule has 1 aromatic heterocycles. The van der Waals surface area contributed by atoms with Crippen molar-refractivity contribution in [3.63, 3.8) is 0 Å². The molecule has 14 heavy (non-hydrogen) atoms. The van der Waals surface area contributed by atoms with E-state index < -0.39 is 0 Å². The molecule has 0 aliphatic carbocycles. The standard InChI is InChI=1S/C10H9NOS2/c1-7-6-13-10(11-7)14-9-4-2-3-8(12)5-9/h2-6,12H,1H3. The average Bonchev–Trinajstić information content (AvgIpc) is 2.51. The maximum Gasteiger partial charge on any atom is 0.154 e. The summed E-state index contributed by atoms with van der Waals surface area (Å²) in [7, 11) is 0. The fourth-order valence-corrected chi connectivity index (χ4v) is 2.89. The van der Waals surface area contributed by atoms with Crippen molar-refractivity contribution in [1.29, 1.82) is 0 Å². The number of benzene rings is 1. The number of thiazole rings is 1. The maximum atomic E-state index is 9.27. The van der Waals surface area contributed by atoms with Gasteiger partial charge in [0.2, 0.25) is 0 Å². The number of rotatable bonds is 2. The number of nitrogens with zero attached hydrogens (tertiary/aromatic N) is 1. The molecule has 2 aromatic rings. The molecule has 0 saturated heterocycles. The van der Waals surface area contributed by atoms with Crippen LogP contribution in [-0.2, 0) is 0 Å². The highest BCUT2D eigenvalue weighted by Crippen LogP contribution is 2.31. The Balaban J connectivity index is 2.18. The predicted molar refractivity (Wildman–Crippen MR) is 59.1 cm³/mol. The monoisotopic (exact) mass is 223 g/mol. The lowest BCUT2D eigenvalue weighted by Gasteiger charge is -1.97. The van der Waals surface area contributed by atoms with Gasteiger partial charge in [0.1, 0.15) is 5.75 Å². The molecule has 72 valence electrons. The number of phenols is 1. The number of aromatic nitrogens is 1. The number of aryl methyl sites for hydroxylation is 1. The Morgan fingerprint density at radius 2 is 2.29 bits per heavy atom. The number of hydrogen-bond acceptors (Lipinski definition) is 4. The molecule has 0 spiro atoms. The molecule has 1 heterocycles. The molecule has 0 unspecified atom stereocenters. The van der Waals surface area contributed by atoms with Crippen molar-refractivity contribution in [2.45, 2.75) is 16.2 Å². The predicted octanol–water partition coefficient (Wildman–Crippen LogP) is 3.31. The van der Waals surface area contributed by atoms with Crippen LogP contribution in [0.25, 0.3) is 0 Å². The van der Waals surface area contributed by atoms with E-state index in [2.05, 4.69) is 4.98 Å². The van der Waals surface area contributed by atoms with Crippen LogP contribution < -0.4 is 0 Å². The first kappa shape index (κ1) is 9.55. The van der Waals surface area contributed by atoms with E-state index in [-0.39, 0.29) is 0 Å². The van der Waals surface area contributed by atoms with E-state index in [0.717, 1.165) is 14.9 Å². The Morgan fingerprint density at radius 1 is 1.43 bits per heavy atom. The van der Waals surface area contributed by atoms with Crippen molar-refractivity contribution in [2.24, 2.45) is 0 Å². The Hall–Kier alpha value is -1.00. The van der Waals surface area contributed by atoms with Crippen LogP contribution in [0.15, 0.2) is 38.9 Å². The van der Waals surface area contributed by atoms with Crippen molar-refractivity contribution < 1.29 is 5.11 Å². The smallest absolute Gasteiger partial charge is 0.154 e. The summed E-state index contributed by atoms with van der Waals surface area (Å²) >= 11 is 3.19. The van der Waals surface area contributed by atoms with Gasteiger partial charge in [-0.1, -0.05) is 17.8 Å². The fraction of sp³-hybridized carbons (Fsp3) is 0.100. The second-order valence-corrected chi connectivity index (χ2v) is 5.03. The highest BCUT2D eigenvalue weighted by molar-refractivity contribution is 8.01. The van der Waals surface area contributed by atoms with E-state index in [1.165, 1.54) is 0 Å². The van der Waals surface area contributed by atoms with Crippen LogP contribution in [-0.4, -0.2) is 10.1 Å². The Labute approximate surface area is 90.6 Å². The number of hydrogen-bond donors (Lipinski definition) is 1. The molecule has 0 aliphatic heterocycles. The summed E-state index contributed by atoms with van der Waals surface area (Å²) in [5.41, 5.74) is 1.04. The van der Waals surface area contributed by atoms with Crippen molar-refractivity contribution in [1.82, 2.24) is 4.98 Å². The molecule has 0 saturated carbocycles. The zero-order chi connectivity index (χ0) is 9.97. The largest absolute Gasteiger partial charge is 0.508 e. The lowest BCUT2D eigenvalue weighted by atomic mass is 10.3. The zero-order valence-corrected chi connectivity index (χ0v) is 9.23. The molecule has 2 nitrogen and oxygen atoms in total. The van der Waals surface area contributed by atoms with E-state index in [0.29, 0.717) is 5.75 Å². The minimum atomic E-state index is 0.295. The van der Waals surface area contributed by atoms with Gasteiger partial charge in [-0.15, -0.1) is 11.3 Å². The van der Waals surface area contributed by atoms with E-state index in [1.807, 2.05) is 24.4 Å². The molecule has 0 fully saturated rings. The maximum absolute atomic E-state index is 9.27. The van der Waals surface area contributed by atoms with E-state index in [4.69, 9.17) is 0 Å². The summed E-state index contributed by atoms with van der Waals surface area (Å²) < 4.78 is 1.01. The van der Waals surface area contributed by atoms with Gasteiger partial charge in [-0.05, 0) is 25.1 Å². The third-order valence-electron chi connectivity index (χ3n) is 1.62. The molecule has 2 rings (SSSR count). The number of aromatic hydroxyl groups is 1. The molecule has 1 N–H and O–H groups in total. The van der Waals surface area contributed by atoms with Gasteiger partial charge < -0.3 is 5.11 Å². The van der Waals surface area contributed by atoms with Crippen LogP contribution in [0.1, 0.15) is 5.69 Å². The van der Waals surface area contributed by atoms with Crippen LogP contribution >= 0.6 is 23.1 Å². The van der Waals surface area contributed by atoms with Gasteiger partial charge in [0, 0.05) is 16.0 Å². The molecule has 0 atom stereocenters. The van der Waals surface area contributed by atoms with Gasteiger partial charge in [-0.3, -0.25) is 0 Å². The molecule has 0 amide bonds. The molecule has 1 aromatic carbocycles. The summed E-state index contributed by atoms with van der Waals surface area (Å²) in [6.07, 6.45) is 0. The summed E-state index contributed by atoms with van der Waals surface area (Å²) in [6, 6.07) is 7.19. The van der Waals surface area contributed by atoms with Crippen LogP contribution in [0.5, 0.6) is 5.75 Å². The minimum absolute atomic E-state index is 0.295. The molecule has 0 aliphatic rings. The average molecular weight is 223 g/mol. The van der Waals surface area contributed by atoms with Crippen molar-refractivity contribution in [3.05, 3.63) is 35.3 Å². The molecule has 0 bridgehead atoms. The van der Waals surface area contributed by atoms with Gasteiger partial charge in [-0.25, -0.2) is 4.98 Å². The first-order chi connectivity index (χ1) is 6.74. The van der Waals surface area contributed by atoms with Crippen LogP contribution in [0.2, 0.25) is 0 Å². The Kier molecular flexibility index (Phi) is 2.74. The molecular weight excluding hydrogens is 214 g/mol. The van der Waals surface area contributed by atoms with Crippen molar-refractivity contribution in [2.75, 3.05) is 0 Å². The fourth-order valence-electron chi connectivity index (χ4n) is 1.03. The minimum Gasteiger partial charge on any atom is -0.508 e. The summed E-state index contributed by atoms with van der Waals surface area (Å²) in [4.78, 5) is 5.35. The van der Waals surface area contributed by atoms with Crippen molar-refractivity contribution >= 4 is 23.1 Å². The summed E-state index contributed by atoms with van der Waals surface area (Å²) in [5.74, 6) is 0.295. The van der Waals surface area contributed by atoms with Gasteiger partial charge >= 0.3 is 0 Å². The highest BCUT2D eigenvalue weighted by Gasteiger charge is 2.01. The SMILES string of the molecule is Cc1csc(Sc2cccc(O)c2)n1. The normalized spacial score (nSPS) is 10.4. The second-order valence-electron chi connectivity index (χ2n) is 2.85. The Bertz CT molecular complexity index is 439. The highest BCUT2D eigenvalue weighted by atomic mass is 32.2. The van der Waals surface area contributed by atoms with E-state index >= 15 is 0 Å². The van der Waals surface area contributed by atoms with Gasteiger partial charge in [0.15, 0.2) is 4.34 Å². The van der Waals surface area contributed by atoms with Crippen molar-refractivity contribution in [3.8, 4) is 5.75 Å². The van der Waals surface area contributed by atoms with Gasteiger partial charge in [0.25, 0.3) is 0 Å². The summed E-state index contributed by atoms with van der Waals surface area (Å²) in [5, 5.41) is 11.3. The second kappa shape index (κ2) is 4.02. The Morgan fingerprint density at radius 3 is 2.93 bits per heavy atom. The quantitative estimate of drug-likeness (QED) is 0.848. The van der Waals surface area contributed by atoms with E-state index in [1.54, 1.807) is 35.2 Å². The summed E-state index contributed by atoms with van der Waals surface area (Å²) in [6.45, 7) is 1.98. The lowest BCUT2D eigenvalue weighted by Crippen LogP contribution is -1.73. The van der Waals surface area contributed by atoms with Crippen LogP contribution in [0, 0.1) is 6.92 Å². The third-order valence-corrected chi connectivity index (χ3v) is 3.67. The first-order valence-corrected chi connectivity index (χ1v) is 5.83. The lowest BCUT2D eigenvalue weighted by molar-refractivity contribution is 0.474. The van der Waals surface area contributed by atoms with Crippen LogP contribution in [0.4, 0.5) is 0 Å². The van der Waals surface area contributed by atoms with E-state index in [9.17, 15) is 5.11 Å². The molecular formula is C10H9NOS2. The van der Waals surface area contributed by atoms with Crippen LogP contribution in [0.3, 0.4) is 0 Å². The molecule has 4 heteroatoms.